The quantitative estimate of drug-likeness (QED) is 0.551. The number of benzene rings is 1. The van der Waals surface area contributed by atoms with Crippen molar-refractivity contribution in [2.75, 3.05) is 45.9 Å². The topological polar surface area (TPSA) is 95.2 Å². The van der Waals surface area contributed by atoms with Crippen LogP contribution in [-0.4, -0.2) is 71.9 Å². The number of piperazine rings is 1. The molecule has 0 spiro atoms. The Morgan fingerprint density at radius 2 is 2.03 bits per heavy atom. The van der Waals surface area contributed by atoms with Gasteiger partial charge in [0.05, 0.1) is 5.52 Å². The minimum Gasteiger partial charge on any atom is -0.381 e. The van der Waals surface area contributed by atoms with Crippen LogP contribution in [0.25, 0.3) is 22.0 Å². The van der Waals surface area contributed by atoms with Crippen molar-refractivity contribution in [1.29, 1.82) is 0 Å². The first-order chi connectivity index (χ1) is 15.8. The van der Waals surface area contributed by atoms with Crippen LogP contribution >= 0.6 is 0 Å². The number of amides is 1. The minimum absolute atomic E-state index is 0.132. The van der Waals surface area contributed by atoms with Crippen molar-refractivity contribution < 1.29 is 9.53 Å². The van der Waals surface area contributed by atoms with Gasteiger partial charge in [-0.05, 0) is 48.1 Å². The number of aromatic amines is 1. The Morgan fingerprint density at radius 3 is 2.88 bits per heavy atom. The van der Waals surface area contributed by atoms with Gasteiger partial charge >= 0.3 is 0 Å². The summed E-state index contributed by atoms with van der Waals surface area (Å²) in [6.07, 6.45) is 5.75. The summed E-state index contributed by atoms with van der Waals surface area (Å²) >= 11 is 0. The van der Waals surface area contributed by atoms with Crippen LogP contribution in [0.15, 0.2) is 36.7 Å². The zero-order chi connectivity index (χ0) is 21.8. The maximum Gasteiger partial charge on any atom is 0.272 e. The lowest BCUT2D eigenvalue weighted by Gasteiger charge is -2.27. The normalized spacial score (nSPS) is 18.1. The molecule has 168 valence electrons. The van der Waals surface area contributed by atoms with E-state index in [4.69, 9.17) is 4.74 Å². The highest BCUT2D eigenvalue weighted by atomic mass is 16.5. The number of hydrogen-bond acceptors (Lipinski definition) is 6. The molecule has 2 aliphatic heterocycles. The minimum atomic E-state index is -0.132. The number of nitrogens with one attached hydrogen (secondary N) is 3. The summed E-state index contributed by atoms with van der Waals surface area (Å²) in [4.78, 5) is 19.7. The van der Waals surface area contributed by atoms with E-state index in [2.05, 4.69) is 48.9 Å². The zero-order valence-electron chi connectivity index (χ0n) is 18.3. The third-order valence-electron chi connectivity index (χ3n) is 6.50. The standard InChI is InChI=1S/C24H30N6O2/c31-24(27-14-17-4-11-32-12-5-17)23-20-13-18(1-2-22(20)28-29-23)21-15-26-6-3-19(21)16-30-9-7-25-8-10-30/h1-3,6,13,15,17,25H,4-5,7-12,14,16H2,(H,27,31)(H,28,29). The molecular weight excluding hydrogens is 404 g/mol. The lowest BCUT2D eigenvalue weighted by Crippen LogP contribution is -2.42. The van der Waals surface area contributed by atoms with Gasteiger partial charge in [0.2, 0.25) is 0 Å². The van der Waals surface area contributed by atoms with Gasteiger partial charge in [0.15, 0.2) is 5.69 Å². The smallest absolute Gasteiger partial charge is 0.272 e. The summed E-state index contributed by atoms with van der Waals surface area (Å²) < 4.78 is 5.41. The maximum atomic E-state index is 12.9. The van der Waals surface area contributed by atoms with Crippen molar-refractivity contribution in [1.82, 2.24) is 30.7 Å². The number of ether oxygens (including phenoxy) is 1. The Morgan fingerprint density at radius 1 is 1.19 bits per heavy atom. The molecule has 5 rings (SSSR count). The first-order valence-electron chi connectivity index (χ1n) is 11.5. The first kappa shape index (κ1) is 21.1. The average molecular weight is 435 g/mol. The van der Waals surface area contributed by atoms with Gasteiger partial charge in [0.25, 0.3) is 5.91 Å². The van der Waals surface area contributed by atoms with Gasteiger partial charge < -0.3 is 15.4 Å². The van der Waals surface area contributed by atoms with Crippen LogP contribution in [0.2, 0.25) is 0 Å². The molecule has 0 saturated carbocycles. The second-order valence-electron chi connectivity index (χ2n) is 8.66. The third-order valence-corrected chi connectivity index (χ3v) is 6.50. The Bertz CT molecular complexity index is 1070. The van der Waals surface area contributed by atoms with Crippen molar-refractivity contribution >= 4 is 16.8 Å². The lowest BCUT2D eigenvalue weighted by atomic mass is 9.99. The van der Waals surface area contributed by atoms with E-state index in [-0.39, 0.29) is 5.91 Å². The number of nitrogens with zero attached hydrogens (tertiary/aromatic N) is 3. The lowest BCUT2D eigenvalue weighted by molar-refractivity contribution is 0.0642. The number of rotatable bonds is 6. The number of hydrogen-bond donors (Lipinski definition) is 3. The fourth-order valence-electron chi connectivity index (χ4n) is 4.56. The fourth-order valence-corrected chi connectivity index (χ4v) is 4.56. The summed E-state index contributed by atoms with van der Waals surface area (Å²) in [5, 5.41) is 14.6. The predicted octanol–water partition coefficient (Wildman–Crippen LogP) is 2.19. The summed E-state index contributed by atoms with van der Waals surface area (Å²) in [7, 11) is 0. The van der Waals surface area contributed by atoms with Gasteiger partial charge in [0.1, 0.15) is 0 Å². The average Bonchev–Trinajstić information content (AvgIpc) is 3.28. The van der Waals surface area contributed by atoms with E-state index in [9.17, 15) is 4.79 Å². The highest BCUT2D eigenvalue weighted by Crippen LogP contribution is 2.28. The Balaban J connectivity index is 1.37. The molecule has 3 aromatic rings. The molecule has 8 heteroatoms. The van der Waals surface area contributed by atoms with Gasteiger partial charge in [-0.2, -0.15) is 5.10 Å². The molecule has 0 bridgehead atoms. The van der Waals surface area contributed by atoms with Crippen LogP contribution in [0, 0.1) is 5.92 Å². The number of carbonyl (C=O) groups excluding carboxylic acids is 1. The Hall–Kier alpha value is -2.81. The Kier molecular flexibility index (Phi) is 6.43. The Labute approximate surface area is 187 Å². The molecule has 0 unspecified atom stereocenters. The summed E-state index contributed by atoms with van der Waals surface area (Å²) in [5.41, 5.74) is 4.70. The molecule has 2 aliphatic rings. The molecule has 2 fully saturated rings. The van der Waals surface area contributed by atoms with Crippen LogP contribution in [0.3, 0.4) is 0 Å². The van der Waals surface area contributed by atoms with Crippen molar-refractivity contribution in [3.05, 3.63) is 47.9 Å². The van der Waals surface area contributed by atoms with Crippen molar-refractivity contribution in [3.8, 4) is 11.1 Å². The molecule has 32 heavy (non-hydrogen) atoms. The first-order valence-corrected chi connectivity index (χ1v) is 11.5. The molecule has 2 aromatic heterocycles. The van der Waals surface area contributed by atoms with Gasteiger partial charge in [-0.15, -0.1) is 0 Å². The van der Waals surface area contributed by atoms with Gasteiger partial charge in [-0.25, -0.2) is 0 Å². The number of aromatic nitrogens is 3. The van der Waals surface area contributed by atoms with Crippen LogP contribution < -0.4 is 10.6 Å². The van der Waals surface area contributed by atoms with Crippen molar-refractivity contribution in [2.24, 2.45) is 5.92 Å². The van der Waals surface area contributed by atoms with Crippen molar-refractivity contribution in [2.45, 2.75) is 19.4 Å². The monoisotopic (exact) mass is 434 g/mol. The summed E-state index contributed by atoms with van der Waals surface area (Å²) in [5.74, 6) is 0.337. The highest BCUT2D eigenvalue weighted by molar-refractivity contribution is 6.05. The largest absolute Gasteiger partial charge is 0.381 e. The molecular formula is C24H30N6O2. The number of pyridine rings is 1. The highest BCUT2D eigenvalue weighted by Gasteiger charge is 2.19. The van der Waals surface area contributed by atoms with Crippen molar-refractivity contribution in [3.63, 3.8) is 0 Å². The van der Waals surface area contributed by atoms with Crippen LogP contribution in [0.5, 0.6) is 0 Å². The van der Waals surface area contributed by atoms with Gasteiger partial charge in [-0.1, -0.05) is 6.07 Å². The number of fused-ring (bicyclic) bond motifs is 1. The molecule has 2 saturated heterocycles. The molecule has 4 heterocycles. The van der Waals surface area contributed by atoms with E-state index < -0.39 is 0 Å². The number of H-pyrrole nitrogens is 1. The fraction of sp³-hybridized carbons (Fsp3) is 0.458. The zero-order valence-corrected chi connectivity index (χ0v) is 18.3. The molecule has 1 aromatic carbocycles. The summed E-state index contributed by atoms with van der Waals surface area (Å²) in [6.45, 7) is 7.23. The molecule has 0 radical (unpaired) electrons. The second-order valence-corrected chi connectivity index (χ2v) is 8.66. The molecule has 1 amide bonds. The van der Waals surface area contributed by atoms with Crippen LogP contribution in [0.1, 0.15) is 28.9 Å². The van der Waals surface area contributed by atoms with E-state index in [1.165, 1.54) is 5.56 Å². The van der Waals surface area contributed by atoms with Crippen LogP contribution in [-0.2, 0) is 11.3 Å². The SMILES string of the molecule is O=C(NCC1CCOCC1)c1n[nH]c2ccc(-c3cnccc3CN3CCNCC3)cc12. The maximum absolute atomic E-state index is 12.9. The van der Waals surface area contributed by atoms with E-state index in [1.54, 1.807) is 0 Å². The van der Waals surface area contributed by atoms with E-state index in [0.29, 0.717) is 18.2 Å². The molecule has 0 atom stereocenters. The van der Waals surface area contributed by atoms with E-state index in [0.717, 1.165) is 80.8 Å². The molecule has 8 nitrogen and oxygen atoms in total. The predicted molar refractivity (Wildman–Crippen MR) is 123 cm³/mol. The number of carbonyl (C=O) groups is 1. The van der Waals surface area contributed by atoms with Gasteiger partial charge in [0, 0.05) is 75.8 Å². The second kappa shape index (κ2) is 9.77. The molecule has 3 N–H and O–H groups in total. The summed E-state index contributed by atoms with van der Waals surface area (Å²) in [6, 6.07) is 8.22. The van der Waals surface area contributed by atoms with Crippen LogP contribution in [0.4, 0.5) is 0 Å². The third kappa shape index (κ3) is 4.67. The van der Waals surface area contributed by atoms with E-state index in [1.807, 2.05) is 18.5 Å². The molecule has 0 aliphatic carbocycles. The van der Waals surface area contributed by atoms with E-state index >= 15 is 0 Å². The van der Waals surface area contributed by atoms with Gasteiger partial charge in [-0.3, -0.25) is 19.8 Å².